The number of hydrogen-bond donors (Lipinski definition) is 2. The number of carboxylic acids is 1. The van der Waals surface area contributed by atoms with Crippen LogP contribution in [0.5, 0.6) is 0 Å². The van der Waals surface area contributed by atoms with Crippen LogP contribution < -0.4 is 5.32 Å². The molecular formula is C17H25NO3. The summed E-state index contributed by atoms with van der Waals surface area (Å²) in [6.07, 6.45) is 0.700. The molecule has 0 aliphatic heterocycles. The van der Waals surface area contributed by atoms with Gasteiger partial charge in [-0.15, -0.1) is 0 Å². The first-order valence-corrected chi connectivity index (χ1v) is 7.30. The molecule has 1 amide bonds. The van der Waals surface area contributed by atoms with E-state index in [1.807, 2.05) is 58.0 Å². The van der Waals surface area contributed by atoms with Crippen LogP contribution in [0.25, 0.3) is 0 Å². The van der Waals surface area contributed by atoms with Crippen molar-refractivity contribution in [3.63, 3.8) is 0 Å². The van der Waals surface area contributed by atoms with Crippen molar-refractivity contribution in [2.24, 2.45) is 5.92 Å². The fourth-order valence-electron chi connectivity index (χ4n) is 2.33. The van der Waals surface area contributed by atoms with Crippen LogP contribution >= 0.6 is 0 Å². The summed E-state index contributed by atoms with van der Waals surface area (Å²) in [5, 5.41) is 11.8. The van der Waals surface area contributed by atoms with Crippen molar-refractivity contribution < 1.29 is 14.7 Å². The van der Waals surface area contributed by atoms with Crippen molar-refractivity contribution in [3.8, 4) is 0 Å². The number of amides is 1. The molecule has 1 atom stereocenters. The van der Waals surface area contributed by atoms with Crippen LogP contribution in [0, 0.1) is 5.92 Å². The number of carboxylic acid groups (broad SMARTS) is 1. The minimum absolute atomic E-state index is 0.216. The molecule has 116 valence electrons. The van der Waals surface area contributed by atoms with Crippen molar-refractivity contribution in [2.75, 3.05) is 0 Å². The van der Waals surface area contributed by atoms with Gasteiger partial charge in [-0.3, -0.25) is 4.79 Å². The number of hydrogen-bond acceptors (Lipinski definition) is 2. The molecule has 4 heteroatoms. The lowest BCUT2D eigenvalue weighted by molar-refractivity contribution is -0.142. The Morgan fingerprint density at radius 3 is 2.24 bits per heavy atom. The summed E-state index contributed by atoms with van der Waals surface area (Å²) in [4.78, 5) is 23.3. The highest BCUT2D eigenvalue weighted by Gasteiger charge is 2.27. The molecule has 0 heterocycles. The first kappa shape index (κ1) is 17.2. The zero-order chi connectivity index (χ0) is 16.0. The Balaban J connectivity index is 2.69. The summed E-state index contributed by atoms with van der Waals surface area (Å²) in [7, 11) is 0. The van der Waals surface area contributed by atoms with E-state index in [2.05, 4.69) is 5.32 Å². The van der Waals surface area contributed by atoms with E-state index in [1.165, 1.54) is 0 Å². The van der Waals surface area contributed by atoms with Gasteiger partial charge in [0, 0.05) is 6.42 Å². The van der Waals surface area contributed by atoms with Gasteiger partial charge in [0.15, 0.2) is 0 Å². The predicted molar refractivity (Wildman–Crippen MR) is 83.1 cm³/mol. The lowest BCUT2D eigenvalue weighted by Crippen LogP contribution is -2.43. The standard InChI is InChI=1S/C17H25NO3/c1-12(2)10-14(16(20)21)18-15(19)11-17(3,4)13-8-6-5-7-9-13/h5-9,12,14H,10-11H2,1-4H3,(H,18,19)(H,20,21)/t14-/m0/s1. The van der Waals surface area contributed by atoms with E-state index in [4.69, 9.17) is 0 Å². The SMILES string of the molecule is CC(C)C[C@H](NC(=O)CC(C)(C)c1ccccc1)C(=O)O. The number of rotatable bonds is 7. The van der Waals surface area contributed by atoms with Crippen molar-refractivity contribution >= 4 is 11.9 Å². The van der Waals surface area contributed by atoms with E-state index >= 15 is 0 Å². The molecule has 0 spiro atoms. The van der Waals surface area contributed by atoms with Gasteiger partial charge in [-0.1, -0.05) is 58.0 Å². The first-order chi connectivity index (χ1) is 9.72. The third-order valence-corrected chi connectivity index (χ3v) is 3.50. The third-order valence-electron chi connectivity index (χ3n) is 3.50. The molecule has 2 N–H and O–H groups in total. The van der Waals surface area contributed by atoms with Crippen LogP contribution in [-0.4, -0.2) is 23.0 Å². The maximum Gasteiger partial charge on any atom is 0.326 e. The molecule has 0 bridgehead atoms. The van der Waals surface area contributed by atoms with E-state index in [1.54, 1.807) is 0 Å². The maximum atomic E-state index is 12.2. The monoisotopic (exact) mass is 291 g/mol. The van der Waals surface area contributed by atoms with Crippen molar-refractivity contribution in [2.45, 2.75) is 52.0 Å². The average Bonchev–Trinajstić information content (AvgIpc) is 2.37. The van der Waals surface area contributed by atoms with Gasteiger partial charge in [-0.25, -0.2) is 4.79 Å². The second-order valence-corrected chi connectivity index (χ2v) is 6.51. The highest BCUT2D eigenvalue weighted by Crippen LogP contribution is 2.26. The van der Waals surface area contributed by atoms with E-state index in [0.717, 1.165) is 5.56 Å². The van der Waals surface area contributed by atoms with Crippen LogP contribution in [0.15, 0.2) is 30.3 Å². The number of carbonyl (C=O) groups is 2. The number of aliphatic carboxylic acids is 1. The van der Waals surface area contributed by atoms with Gasteiger partial charge in [-0.05, 0) is 23.3 Å². The number of carbonyl (C=O) groups excluding carboxylic acids is 1. The van der Waals surface area contributed by atoms with Gasteiger partial charge in [0.05, 0.1) is 0 Å². The lowest BCUT2D eigenvalue weighted by Gasteiger charge is -2.26. The zero-order valence-corrected chi connectivity index (χ0v) is 13.2. The molecule has 1 aromatic rings. The molecule has 0 saturated heterocycles. The Bertz CT molecular complexity index is 480. The molecular weight excluding hydrogens is 266 g/mol. The van der Waals surface area contributed by atoms with Gasteiger partial charge in [0.25, 0.3) is 0 Å². The van der Waals surface area contributed by atoms with Crippen LogP contribution in [0.1, 0.15) is 46.1 Å². The normalized spacial score (nSPS) is 13.0. The van der Waals surface area contributed by atoms with E-state index < -0.39 is 12.0 Å². The fourth-order valence-corrected chi connectivity index (χ4v) is 2.33. The zero-order valence-electron chi connectivity index (χ0n) is 13.2. The van der Waals surface area contributed by atoms with E-state index in [0.29, 0.717) is 6.42 Å². The molecule has 0 aromatic heterocycles. The molecule has 0 saturated carbocycles. The topological polar surface area (TPSA) is 66.4 Å². The van der Waals surface area contributed by atoms with Gasteiger partial charge >= 0.3 is 5.97 Å². The summed E-state index contributed by atoms with van der Waals surface area (Å²) in [6, 6.07) is 8.96. The molecule has 0 radical (unpaired) electrons. The van der Waals surface area contributed by atoms with E-state index in [-0.39, 0.29) is 23.7 Å². The Morgan fingerprint density at radius 2 is 1.76 bits per heavy atom. The van der Waals surface area contributed by atoms with Gasteiger partial charge in [0.1, 0.15) is 6.04 Å². The van der Waals surface area contributed by atoms with Gasteiger partial charge in [-0.2, -0.15) is 0 Å². The minimum atomic E-state index is -0.977. The quantitative estimate of drug-likeness (QED) is 0.811. The highest BCUT2D eigenvalue weighted by atomic mass is 16.4. The number of nitrogens with one attached hydrogen (secondary N) is 1. The van der Waals surface area contributed by atoms with Crippen LogP contribution in [0.2, 0.25) is 0 Å². The molecule has 0 aliphatic carbocycles. The largest absolute Gasteiger partial charge is 0.480 e. The second-order valence-electron chi connectivity index (χ2n) is 6.51. The Kier molecular flexibility index (Phi) is 5.94. The van der Waals surface area contributed by atoms with Crippen molar-refractivity contribution in [1.82, 2.24) is 5.32 Å². The molecule has 21 heavy (non-hydrogen) atoms. The maximum absolute atomic E-state index is 12.2. The number of benzene rings is 1. The van der Waals surface area contributed by atoms with Gasteiger partial charge < -0.3 is 10.4 Å². The summed E-state index contributed by atoms with van der Waals surface area (Å²) in [6.45, 7) is 7.85. The minimum Gasteiger partial charge on any atom is -0.480 e. The van der Waals surface area contributed by atoms with Crippen molar-refractivity contribution in [1.29, 1.82) is 0 Å². The smallest absolute Gasteiger partial charge is 0.326 e. The molecule has 4 nitrogen and oxygen atoms in total. The van der Waals surface area contributed by atoms with Crippen LogP contribution in [0.4, 0.5) is 0 Å². The Labute approximate surface area is 126 Å². The predicted octanol–water partition coefficient (Wildman–Crippen LogP) is 2.97. The van der Waals surface area contributed by atoms with Gasteiger partial charge in [0.2, 0.25) is 5.91 Å². The van der Waals surface area contributed by atoms with E-state index in [9.17, 15) is 14.7 Å². The highest BCUT2D eigenvalue weighted by molar-refractivity contribution is 5.84. The van der Waals surface area contributed by atoms with Crippen molar-refractivity contribution in [3.05, 3.63) is 35.9 Å². The third kappa shape index (κ3) is 5.58. The summed E-state index contributed by atoms with van der Waals surface area (Å²) < 4.78 is 0. The Morgan fingerprint density at radius 1 is 1.19 bits per heavy atom. The van der Waals surface area contributed by atoms with Crippen LogP contribution in [0.3, 0.4) is 0 Å². The molecule has 1 aromatic carbocycles. The average molecular weight is 291 g/mol. The lowest BCUT2D eigenvalue weighted by atomic mass is 9.81. The molecule has 0 fully saturated rings. The first-order valence-electron chi connectivity index (χ1n) is 7.30. The second kappa shape index (κ2) is 7.25. The molecule has 0 aliphatic rings. The Hall–Kier alpha value is -1.84. The summed E-state index contributed by atoms with van der Waals surface area (Å²) in [5.41, 5.74) is 0.738. The van der Waals surface area contributed by atoms with Crippen LogP contribution in [-0.2, 0) is 15.0 Å². The molecule has 0 unspecified atom stereocenters. The summed E-state index contributed by atoms with van der Waals surface area (Å²) in [5.74, 6) is -0.986. The fraction of sp³-hybridized carbons (Fsp3) is 0.529. The summed E-state index contributed by atoms with van der Waals surface area (Å²) >= 11 is 0. The molecule has 1 rings (SSSR count).